The summed E-state index contributed by atoms with van der Waals surface area (Å²) in [7, 11) is 1.55. The Balaban J connectivity index is 1.94. The molecule has 126 valence electrons. The monoisotopic (exact) mass is 337 g/mol. The third-order valence-electron chi connectivity index (χ3n) is 4.26. The average Bonchev–Trinajstić information content (AvgIpc) is 3.08. The maximum Gasteiger partial charge on any atom is 0.231 e. The number of benzene rings is 2. The second kappa shape index (κ2) is 5.53. The SMILES string of the molecule is COc1cc(C2C(C#N)=C(N)Oc3cc(N)ccc32)cc2c1OCO2. The van der Waals surface area contributed by atoms with Crippen molar-refractivity contribution in [1.82, 2.24) is 0 Å². The van der Waals surface area contributed by atoms with Crippen LogP contribution in [0.1, 0.15) is 17.0 Å². The number of rotatable bonds is 2. The summed E-state index contributed by atoms with van der Waals surface area (Å²) >= 11 is 0. The highest BCUT2D eigenvalue weighted by Crippen LogP contribution is 2.48. The van der Waals surface area contributed by atoms with E-state index in [0.29, 0.717) is 34.3 Å². The van der Waals surface area contributed by atoms with Crippen LogP contribution in [0.3, 0.4) is 0 Å². The van der Waals surface area contributed by atoms with Crippen LogP contribution in [-0.2, 0) is 0 Å². The molecule has 0 aromatic heterocycles. The smallest absolute Gasteiger partial charge is 0.231 e. The van der Waals surface area contributed by atoms with E-state index in [-0.39, 0.29) is 12.7 Å². The lowest BCUT2D eigenvalue weighted by Gasteiger charge is -2.27. The van der Waals surface area contributed by atoms with Gasteiger partial charge in [-0.05, 0) is 23.8 Å². The fourth-order valence-corrected chi connectivity index (χ4v) is 3.13. The maximum absolute atomic E-state index is 9.61. The largest absolute Gasteiger partial charge is 0.493 e. The van der Waals surface area contributed by atoms with Crippen LogP contribution in [0, 0.1) is 11.3 Å². The van der Waals surface area contributed by atoms with Gasteiger partial charge in [0.25, 0.3) is 0 Å². The van der Waals surface area contributed by atoms with E-state index in [1.807, 2.05) is 18.2 Å². The van der Waals surface area contributed by atoms with E-state index in [0.717, 1.165) is 11.1 Å². The molecule has 2 heterocycles. The molecule has 0 saturated heterocycles. The van der Waals surface area contributed by atoms with Gasteiger partial charge in [-0.3, -0.25) is 0 Å². The molecule has 2 aromatic rings. The second-order valence-corrected chi connectivity index (χ2v) is 5.68. The van der Waals surface area contributed by atoms with Crippen molar-refractivity contribution in [3.8, 4) is 29.1 Å². The number of ether oxygens (including phenoxy) is 4. The van der Waals surface area contributed by atoms with Crippen molar-refractivity contribution < 1.29 is 18.9 Å². The molecule has 2 aliphatic heterocycles. The highest BCUT2D eigenvalue weighted by Gasteiger charge is 2.33. The number of nitrogens with two attached hydrogens (primary N) is 2. The van der Waals surface area contributed by atoms with Crippen molar-refractivity contribution in [3.05, 3.63) is 52.9 Å². The Labute approximate surface area is 144 Å². The summed E-state index contributed by atoms with van der Waals surface area (Å²) in [5.41, 5.74) is 14.3. The normalized spacial score (nSPS) is 17.5. The lowest BCUT2D eigenvalue weighted by molar-refractivity contribution is 0.171. The fraction of sp³-hybridized carbons (Fsp3) is 0.167. The van der Waals surface area contributed by atoms with Crippen molar-refractivity contribution in [3.63, 3.8) is 0 Å². The molecule has 4 rings (SSSR count). The summed E-state index contributed by atoms with van der Waals surface area (Å²) in [4.78, 5) is 0. The molecule has 0 amide bonds. The lowest BCUT2D eigenvalue weighted by atomic mass is 9.83. The first-order chi connectivity index (χ1) is 12.1. The third-order valence-corrected chi connectivity index (χ3v) is 4.26. The Morgan fingerprint density at radius 1 is 1.16 bits per heavy atom. The lowest BCUT2D eigenvalue weighted by Crippen LogP contribution is -2.21. The average molecular weight is 337 g/mol. The molecule has 1 atom stereocenters. The first-order valence-electron chi connectivity index (χ1n) is 7.57. The number of hydrogen-bond donors (Lipinski definition) is 2. The number of anilines is 1. The van der Waals surface area contributed by atoms with Gasteiger partial charge in [0.15, 0.2) is 11.5 Å². The molecule has 0 fully saturated rings. The van der Waals surface area contributed by atoms with E-state index >= 15 is 0 Å². The molecule has 25 heavy (non-hydrogen) atoms. The molecular weight excluding hydrogens is 322 g/mol. The van der Waals surface area contributed by atoms with Crippen LogP contribution in [0.2, 0.25) is 0 Å². The number of nitrogens with zero attached hydrogens (tertiary/aromatic N) is 1. The number of fused-ring (bicyclic) bond motifs is 2. The minimum atomic E-state index is -0.419. The number of hydrogen-bond acceptors (Lipinski definition) is 7. The van der Waals surface area contributed by atoms with Crippen molar-refractivity contribution in [2.75, 3.05) is 19.6 Å². The molecule has 0 aliphatic carbocycles. The number of methoxy groups -OCH3 is 1. The van der Waals surface area contributed by atoms with Crippen molar-refractivity contribution >= 4 is 5.69 Å². The number of allylic oxidation sites excluding steroid dienone is 1. The molecule has 0 saturated carbocycles. The highest BCUT2D eigenvalue weighted by molar-refractivity contribution is 5.63. The minimum absolute atomic E-state index is 0.0576. The molecular formula is C18H15N3O4. The topological polar surface area (TPSA) is 113 Å². The van der Waals surface area contributed by atoms with Crippen molar-refractivity contribution in [2.45, 2.75) is 5.92 Å². The van der Waals surface area contributed by atoms with E-state index in [1.54, 1.807) is 19.2 Å². The van der Waals surface area contributed by atoms with Crippen LogP contribution in [0.15, 0.2) is 41.8 Å². The third kappa shape index (κ3) is 2.27. The zero-order valence-electron chi connectivity index (χ0n) is 13.4. The van der Waals surface area contributed by atoms with Gasteiger partial charge in [-0.1, -0.05) is 6.07 Å². The predicted molar refractivity (Wildman–Crippen MR) is 89.3 cm³/mol. The van der Waals surface area contributed by atoms with Crippen LogP contribution in [-0.4, -0.2) is 13.9 Å². The van der Waals surface area contributed by atoms with Gasteiger partial charge >= 0.3 is 0 Å². The minimum Gasteiger partial charge on any atom is -0.493 e. The molecule has 0 spiro atoms. The summed E-state index contributed by atoms with van der Waals surface area (Å²) in [6, 6.07) is 11.1. The fourth-order valence-electron chi connectivity index (χ4n) is 3.13. The van der Waals surface area contributed by atoms with Crippen LogP contribution in [0.4, 0.5) is 5.69 Å². The zero-order valence-corrected chi connectivity index (χ0v) is 13.4. The Hall–Kier alpha value is -3.53. The van der Waals surface area contributed by atoms with E-state index in [4.69, 9.17) is 30.4 Å². The zero-order chi connectivity index (χ0) is 17.6. The first kappa shape index (κ1) is 15.0. The summed E-state index contributed by atoms with van der Waals surface area (Å²) in [5, 5.41) is 9.61. The van der Waals surface area contributed by atoms with Crippen molar-refractivity contribution in [2.24, 2.45) is 5.73 Å². The molecule has 7 heteroatoms. The molecule has 0 radical (unpaired) electrons. The van der Waals surface area contributed by atoms with Gasteiger partial charge in [0.2, 0.25) is 18.4 Å². The van der Waals surface area contributed by atoms with Crippen LogP contribution >= 0.6 is 0 Å². The molecule has 4 N–H and O–H groups in total. The Morgan fingerprint density at radius 3 is 2.76 bits per heavy atom. The summed E-state index contributed by atoms with van der Waals surface area (Å²) in [6.07, 6.45) is 0. The van der Waals surface area contributed by atoms with E-state index in [2.05, 4.69) is 6.07 Å². The highest BCUT2D eigenvalue weighted by atomic mass is 16.7. The van der Waals surface area contributed by atoms with Gasteiger partial charge in [0.05, 0.1) is 13.0 Å². The Bertz CT molecular complexity index is 946. The van der Waals surface area contributed by atoms with Crippen LogP contribution < -0.4 is 30.4 Å². The van der Waals surface area contributed by atoms with Gasteiger partial charge in [-0.2, -0.15) is 5.26 Å². The Kier molecular flexibility index (Phi) is 3.32. The molecule has 2 aliphatic rings. The van der Waals surface area contributed by atoms with Crippen LogP contribution in [0.5, 0.6) is 23.0 Å². The maximum atomic E-state index is 9.61. The summed E-state index contributed by atoms with van der Waals surface area (Å²) < 4.78 is 21.9. The first-order valence-corrected chi connectivity index (χ1v) is 7.57. The summed E-state index contributed by atoms with van der Waals surface area (Å²) in [6.45, 7) is 0.124. The molecule has 7 nitrogen and oxygen atoms in total. The van der Waals surface area contributed by atoms with E-state index < -0.39 is 5.92 Å². The quantitative estimate of drug-likeness (QED) is 0.808. The number of nitrogen functional groups attached to an aromatic ring is 1. The second-order valence-electron chi connectivity index (χ2n) is 5.68. The Morgan fingerprint density at radius 2 is 2.00 bits per heavy atom. The molecule has 2 aromatic carbocycles. The van der Waals surface area contributed by atoms with Gasteiger partial charge in [0, 0.05) is 17.3 Å². The van der Waals surface area contributed by atoms with E-state index in [9.17, 15) is 5.26 Å². The number of nitriles is 1. The standard InChI is InChI=1S/C18H15N3O4/c1-22-14-4-9(5-15-17(14)24-8-23-15)16-11-3-2-10(20)6-13(11)25-18(21)12(16)7-19/h2-6,16H,8,20-21H2,1H3. The molecule has 0 bridgehead atoms. The van der Waals surface area contributed by atoms with Gasteiger partial charge in [0.1, 0.15) is 17.4 Å². The van der Waals surface area contributed by atoms with E-state index in [1.165, 1.54) is 0 Å². The molecule has 1 unspecified atom stereocenters. The van der Waals surface area contributed by atoms with Crippen molar-refractivity contribution in [1.29, 1.82) is 5.26 Å². The summed E-state index contributed by atoms with van der Waals surface area (Å²) in [5.74, 6) is 1.81. The predicted octanol–water partition coefficient (Wildman–Crippen LogP) is 2.22. The van der Waals surface area contributed by atoms with Gasteiger partial charge < -0.3 is 30.4 Å². The van der Waals surface area contributed by atoms with Gasteiger partial charge in [-0.25, -0.2) is 0 Å². The van der Waals surface area contributed by atoms with Gasteiger partial charge in [-0.15, -0.1) is 0 Å². The van der Waals surface area contributed by atoms with Crippen LogP contribution in [0.25, 0.3) is 0 Å².